The Labute approximate surface area is 176 Å². The lowest BCUT2D eigenvalue weighted by molar-refractivity contribution is -0.136. The largest absolute Gasteiger partial charge is 0.489 e. The Balaban J connectivity index is 1.65. The second kappa shape index (κ2) is 8.56. The van der Waals surface area contributed by atoms with Crippen molar-refractivity contribution in [2.75, 3.05) is 0 Å². The van der Waals surface area contributed by atoms with Gasteiger partial charge in [-0.25, -0.2) is 0 Å². The van der Waals surface area contributed by atoms with Gasteiger partial charge < -0.3 is 15.6 Å². The highest BCUT2D eigenvalue weighted by Gasteiger charge is 2.15. The number of aryl methyl sites for hydroxylation is 1. The van der Waals surface area contributed by atoms with E-state index in [9.17, 15) is 9.90 Å². The first-order valence-electron chi connectivity index (χ1n) is 10.1. The van der Waals surface area contributed by atoms with Crippen LogP contribution in [0, 0.1) is 6.92 Å². The van der Waals surface area contributed by atoms with Gasteiger partial charge in [-0.3, -0.25) is 4.79 Å². The van der Waals surface area contributed by atoms with Gasteiger partial charge in [0.2, 0.25) is 0 Å². The van der Waals surface area contributed by atoms with Crippen LogP contribution in [0.15, 0.2) is 60.7 Å². The maximum absolute atomic E-state index is 11.2. The molecule has 4 rings (SSSR count). The number of carboxylic acids is 1. The monoisotopic (exact) mass is 399 g/mol. The van der Waals surface area contributed by atoms with Gasteiger partial charge in [-0.1, -0.05) is 48.0 Å². The summed E-state index contributed by atoms with van der Waals surface area (Å²) in [5.74, 6) is -0.249. The Morgan fingerprint density at radius 1 is 1.10 bits per heavy atom. The standard InChI is InChI=1S/C26H25NO3/c1-17-8-9-25(22(10-17)14-26(28)29)30-16-19-12-20-6-3-7-23(20)24(13-19)21-5-2-4-18(11-21)15-27/h2-6,8-13H,7,14-16,27H2,1H3,(H,28,29). The molecule has 0 saturated heterocycles. The third-order valence-electron chi connectivity index (χ3n) is 5.39. The zero-order valence-electron chi connectivity index (χ0n) is 17.0. The van der Waals surface area contributed by atoms with Gasteiger partial charge in [0.15, 0.2) is 0 Å². The second-order valence-electron chi connectivity index (χ2n) is 7.69. The van der Waals surface area contributed by atoms with Gasteiger partial charge in [0.25, 0.3) is 0 Å². The molecule has 0 spiro atoms. The molecule has 4 heteroatoms. The summed E-state index contributed by atoms with van der Waals surface area (Å²) >= 11 is 0. The Morgan fingerprint density at radius 3 is 2.77 bits per heavy atom. The van der Waals surface area contributed by atoms with Crippen molar-refractivity contribution < 1.29 is 14.6 Å². The van der Waals surface area contributed by atoms with E-state index in [4.69, 9.17) is 10.5 Å². The van der Waals surface area contributed by atoms with Crippen molar-refractivity contribution in [3.05, 3.63) is 94.1 Å². The van der Waals surface area contributed by atoms with Crippen LogP contribution >= 0.6 is 0 Å². The highest BCUT2D eigenvalue weighted by molar-refractivity contribution is 5.77. The van der Waals surface area contributed by atoms with Crippen molar-refractivity contribution in [3.63, 3.8) is 0 Å². The number of allylic oxidation sites excluding steroid dienone is 1. The predicted octanol–water partition coefficient (Wildman–Crippen LogP) is 4.90. The zero-order valence-corrected chi connectivity index (χ0v) is 17.0. The maximum Gasteiger partial charge on any atom is 0.307 e. The number of benzene rings is 3. The van der Waals surface area contributed by atoms with Crippen molar-refractivity contribution in [3.8, 4) is 16.9 Å². The van der Waals surface area contributed by atoms with Gasteiger partial charge in [-0.2, -0.15) is 0 Å². The smallest absolute Gasteiger partial charge is 0.307 e. The number of fused-ring (bicyclic) bond motifs is 1. The first-order valence-corrected chi connectivity index (χ1v) is 10.1. The van der Waals surface area contributed by atoms with E-state index >= 15 is 0 Å². The summed E-state index contributed by atoms with van der Waals surface area (Å²) in [5.41, 5.74) is 14.6. The summed E-state index contributed by atoms with van der Waals surface area (Å²) < 4.78 is 6.07. The summed E-state index contributed by atoms with van der Waals surface area (Å²) in [5, 5.41) is 9.21. The number of hydrogen-bond acceptors (Lipinski definition) is 3. The molecule has 3 aromatic rings. The molecule has 3 N–H and O–H groups in total. The molecule has 1 aliphatic rings. The van der Waals surface area contributed by atoms with Gasteiger partial charge >= 0.3 is 5.97 Å². The van der Waals surface area contributed by atoms with Crippen molar-refractivity contribution in [2.45, 2.75) is 32.9 Å². The maximum atomic E-state index is 11.2. The highest BCUT2D eigenvalue weighted by Crippen LogP contribution is 2.33. The zero-order chi connectivity index (χ0) is 21.1. The number of ether oxygens (including phenoxy) is 1. The van der Waals surface area contributed by atoms with E-state index in [1.807, 2.05) is 37.3 Å². The van der Waals surface area contributed by atoms with Crippen molar-refractivity contribution in [1.82, 2.24) is 0 Å². The average molecular weight is 399 g/mol. The molecular formula is C26H25NO3. The van der Waals surface area contributed by atoms with Crippen LogP contribution in [0.25, 0.3) is 17.2 Å². The molecule has 0 radical (unpaired) electrons. The molecule has 0 aromatic heterocycles. The molecule has 0 bridgehead atoms. The van der Waals surface area contributed by atoms with Gasteiger partial charge in [-0.15, -0.1) is 0 Å². The predicted molar refractivity (Wildman–Crippen MR) is 119 cm³/mol. The van der Waals surface area contributed by atoms with E-state index in [0.29, 0.717) is 24.5 Å². The lowest BCUT2D eigenvalue weighted by Gasteiger charge is -2.15. The first-order chi connectivity index (χ1) is 14.5. The molecule has 0 saturated carbocycles. The number of aliphatic carboxylic acids is 1. The summed E-state index contributed by atoms with van der Waals surface area (Å²) in [7, 11) is 0. The molecule has 4 nitrogen and oxygen atoms in total. The molecular weight excluding hydrogens is 374 g/mol. The lowest BCUT2D eigenvalue weighted by Crippen LogP contribution is -2.05. The van der Waals surface area contributed by atoms with Crippen LogP contribution in [-0.2, 0) is 30.8 Å². The van der Waals surface area contributed by atoms with E-state index in [1.54, 1.807) is 0 Å². The van der Waals surface area contributed by atoms with Crippen molar-refractivity contribution >= 4 is 12.0 Å². The van der Waals surface area contributed by atoms with Crippen LogP contribution < -0.4 is 10.5 Å². The van der Waals surface area contributed by atoms with Crippen LogP contribution in [0.5, 0.6) is 5.75 Å². The fourth-order valence-corrected chi connectivity index (χ4v) is 3.95. The Kier molecular flexibility index (Phi) is 5.68. The van der Waals surface area contributed by atoms with Crippen LogP contribution in [0.4, 0.5) is 0 Å². The number of carbonyl (C=O) groups is 1. The number of hydrogen-bond donors (Lipinski definition) is 2. The van der Waals surface area contributed by atoms with Gasteiger partial charge in [-0.05, 0) is 71.0 Å². The Bertz CT molecular complexity index is 1130. The van der Waals surface area contributed by atoms with Crippen molar-refractivity contribution in [1.29, 1.82) is 0 Å². The molecule has 0 unspecified atom stereocenters. The molecule has 0 fully saturated rings. The van der Waals surface area contributed by atoms with Crippen LogP contribution in [0.2, 0.25) is 0 Å². The van der Waals surface area contributed by atoms with Crippen molar-refractivity contribution in [2.24, 2.45) is 5.73 Å². The van der Waals surface area contributed by atoms with Gasteiger partial charge in [0.05, 0.1) is 6.42 Å². The first kappa shape index (κ1) is 19.9. The topological polar surface area (TPSA) is 72.5 Å². The third kappa shape index (κ3) is 4.29. The number of carboxylic acid groups (broad SMARTS) is 1. The summed E-state index contributed by atoms with van der Waals surface area (Å²) in [6, 6.07) is 18.3. The highest BCUT2D eigenvalue weighted by atomic mass is 16.5. The molecule has 0 amide bonds. The summed E-state index contributed by atoms with van der Waals surface area (Å²) in [4.78, 5) is 11.2. The summed E-state index contributed by atoms with van der Waals surface area (Å²) in [6.07, 6.45) is 5.19. The van der Waals surface area contributed by atoms with Gasteiger partial charge in [0.1, 0.15) is 12.4 Å². The summed E-state index contributed by atoms with van der Waals surface area (Å²) in [6.45, 7) is 2.83. The van der Waals surface area contributed by atoms with Gasteiger partial charge in [0, 0.05) is 12.1 Å². The molecule has 30 heavy (non-hydrogen) atoms. The fraction of sp³-hybridized carbons (Fsp3) is 0.192. The van der Waals surface area contributed by atoms with E-state index in [-0.39, 0.29) is 6.42 Å². The second-order valence-corrected chi connectivity index (χ2v) is 7.69. The molecule has 152 valence electrons. The fourth-order valence-electron chi connectivity index (χ4n) is 3.95. The number of nitrogens with two attached hydrogens (primary N) is 1. The minimum absolute atomic E-state index is 0.0545. The minimum atomic E-state index is -0.866. The lowest BCUT2D eigenvalue weighted by atomic mass is 9.93. The third-order valence-corrected chi connectivity index (χ3v) is 5.39. The van der Waals surface area contributed by atoms with E-state index in [2.05, 4.69) is 36.4 Å². The number of rotatable bonds is 7. The normalized spacial score (nSPS) is 12.1. The quantitative estimate of drug-likeness (QED) is 0.593. The van der Waals surface area contributed by atoms with E-state index in [1.165, 1.54) is 16.7 Å². The average Bonchev–Trinajstić information content (AvgIpc) is 3.21. The van der Waals surface area contributed by atoms with Crippen LogP contribution in [0.1, 0.15) is 33.4 Å². The molecule has 0 aliphatic heterocycles. The molecule has 3 aromatic carbocycles. The SMILES string of the molecule is Cc1ccc(OCc2cc3c(c(-c4cccc(CN)c4)c2)CC=C3)c(CC(=O)O)c1. The van der Waals surface area contributed by atoms with E-state index < -0.39 is 5.97 Å². The van der Waals surface area contributed by atoms with E-state index in [0.717, 1.165) is 28.7 Å². The van der Waals surface area contributed by atoms with Crippen LogP contribution in [-0.4, -0.2) is 11.1 Å². The molecule has 1 aliphatic carbocycles. The molecule has 0 heterocycles. The Hall–Kier alpha value is -3.37. The Morgan fingerprint density at radius 2 is 1.97 bits per heavy atom. The molecule has 0 atom stereocenters. The van der Waals surface area contributed by atoms with Crippen LogP contribution in [0.3, 0.4) is 0 Å². The minimum Gasteiger partial charge on any atom is -0.489 e.